The van der Waals surface area contributed by atoms with Crippen molar-refractivity contribution in [1.29, 1.82) is 0 Å². The molecule has 2 fully saturated rings. The number of aryl methyl sites for hydroxylation is 1. The van der Waals surface area contributed by atoms with Crippen LogP contribution in [0, 0.1) is 12.8 Å². The fourth-order valence-corrected chi connectivity index (χ4v) is 3.40. The van der Waals surface area contributed by atoms with E-state index in [-0.39, 0.29) is 11.8 Å². The van der Waals surface area contributed by atoms with Crippen molar-refractivity contribution < 1.29 is 4.79 Å². The highest BCUT2D eigenvalue weighted by molar-refractivity contribution is 5.79. The van der Waals surface area contributed by atoms with E-state index in [1.165, 1.54) is 5.56 Å². The molecule has 1 saturated carbocycles. The Morgan fingerprint density at radius 2 is 1.92 bits per heavy atom. The van der Waals surface area contributed by atoms with Gasteiger partial charge in [-0.05, 0) is 38.7 Å². The molecule has 5 heteroatoms. The van der Waals surface area contributed by atoms with Crippen molar-refractivity contribution in [2.24, 2.45) is 5.92 Å². The lowest BCUT2D eigenvalue weighted by Gasteiger charge is -2.32. The molecule has 1 amide bonds. The van der Waals surface area contributed by atoms with Gasteiger partial charge in [-0.15, -0.1) is 0 Å². The number of aromatic nitrogens is 2. The maximum Gasteiger partial charge on any atom is 0.223 e. The number of piperidine rings is 1. The number of rotatable bonds is 4. The molecule has 130 valence electrons. The molecule has 25 heavy (non-hydrogen) atoms. The third-order valence-electron chi connectivity index (χ3n) is 5.08. The van der Waals surface area contributed by atoms with Gasteiger partial charge in [0.05, 0.1) is 5.69 Å². The van der Waals surface area contributed by atoms with Gasteiger partial charge in [-0.1, -0.05) is 23.8 Å². The van der Waals surface area contributed by atoms with Crippen molar-refractivity contribution in [3.05, 3.63) is 42.2 Å². The number of amides is 1. The van der Waals surface area contributed by atoms with Gasteiger partial charge >= 0.3 is 0 Å². The molecule has 1 N–H and O–H groups in total. The van der Waals surface area contributed by atoms with Crippen LogP contribution < -0.4 is 10.2 Å². The number of carbonyl (C=O) groups excluding carboxylic acids is 1. The minimum Gasteiger partial charge on any atom is -0.356 e. The highest BCUT2D eigenvalue weighted by Gasteiger charge is 2.30. The number of anilines is 1. The Morgan fingerprint density at radius 3 is 2.64 bits per heavy atom. The van der Waals surface area contributed by atoms with Gasteiger partial charge in [0.25, 0.3) is 0 Å². The number of nitrogens with one attached hydrogen (secondary N) is 1. The van der Waals surface area contributed by atoms with Crippen molar-refractivity contribution in [2.45, 2.75) is 38.6 Å². The van der Waals surface area contributed by atoms with Crippen LogP contribution >= 0.6 is 0 Å². The smallest absolute Gasteiger partial charge is 0.223 e. The average Bonchev–Trinajstić information content (AvgIpc) is 3.46. The van der Waals surface area contributed by atoms with Gasteiger partial charge in [-0.3, -0.25) is 4.79 Å². The van der Waals surface area contributed by atoms with E-state index in [9.17, 15) is 4.79 Å². The van der Waals surface area contributed by atoms with Crippen LogP contribution in [0.4, 0.5) is 5.82 Å². The van der Waals surface area contributed by atoms with Crippen molar-refractivity contribution in [2.75, 3.05) is 18.0 Å². The summed E-state index contributed by atoms with van der Waals surface area (Å²) in [6.07, 6.45) is 5.71. The summed E-state index contributed by atoms with van der Waals surface area (Å²) in [5.74, 6) is 1.34. The summed E-state index contributed by atoms with van der Waals surface area (Å²) in [5, 5.41) is 3.13. The van der Waals surface area contributed by atoms with Gasteiger partial charge in [-0.2, -0.15) is 0 Å². The molecule has 2 heterocycles. The van der Waals surface area contributed by atoms with Crippen LogP contribution in [0.25, 0.3) is 11.3 Å². The van der Waals surface area contributed by atoms with Crippen LogP contribution in [0.2, 0.25) is 0 Å². The summed E-state index contributed by atoms with van der Waals surface area (Å²) >= 11 is 0. The Bertz CT molecular complexity index is 764. The normalized spacial score (nSPS) is 18.2. The van der Waals surface area contributed by atoms with Gasteiger partial charge in [0.1, 0.15) is 12.1 Å². The first-order chi connectivity index (χ1) is 12.2. The van der Waals surface area contributed by atoms with Crippen LogP contribution in [0.15, 0.2) is 36.7 Å². The maximum atomic E-state index is 12.2. The molecule has 4 rings (SSSR count). The second-order valence-electron chi connectivity index (χ2n) is 7.18. The predicted molar refractivity (Wildman–Crippen MR) is 98.3 cm³/mol. The topological polar surface area (TPSA) is 58.1 Å². The molecule has 0 unspecified atom stereocenters. The molecule has 0 radical (unpaired) electrons. The lowest BCUT2D eigenvalue weighted by molar-refractivity contribution is -0.125. The van der Waals surface area contributed by atoms with Crippen LogP contribution in [0.5, 0.6) is 0 Å². The fraction of sp³-hybridized carbons (Fsp3) is 0.450. The lowest BCUT2D eigenvalue weighted by atomic mass is 9.96. The Morgan fingerprint density at radius 1 is 1.12 bits per heavy atom. The van der Waals surface area contributed by atoms with E-state index in [0.717, 1.165) is 55.8 Å². The zero-order valence-electron chi connectivity index (χ0n) is 14.6. The number of hydrogen-bond acceptors (Lipinski definition) is 4. The van der Waals surface area contributed by atoms with E-state index in [0.29, 0.717) is 6.04 Å². The zero-order chi connectivity index (χ0) is 17.2. The molecule has 1 aromatic carbocycles. The van der Waals surface area contributed by atoms with Crippen molar-refractivity contribution in [3.8, 4) is 11.3 Å². The minimum absolute atomic E-state index is 0.148. The quantitative estimate of drug-likeness (QED) is 0.933. The molecule has 0 spiro atoms. The number of hydrogen-bond donors (Lipinski definition) is 1. The summed E-state index contributed by atoms with van der Waals surface area (Å²) in [6, 6.07) is 10.9. The SMILES string of the molecule is Cc1cccc(-c2cc(N3CCC(C(=O)NC4CC4)CC3)ncn2)c1. The molecule has 0 atom stereocenters. The van der Waals surface area contributed by atoms with Crippen LogP contribution in [-0.4, -0.2) is 35.0 Å². The number of benzene rings is 1. The van der Waals surface area contributed by atoms with Gasteiger partial charge in [-0.25, -0.2) is 9.97 Å². The van der Waals surface area contributed by atoms with E-state index < -0.39 is 0 Å². The summed E-state index contributed by atoms with van der Waals surface area (Å²) in [5.41, 5.74) is 3.28. The Balaban J connectivity index is 1.42. The number of carbonyl (C=O) groups is 1. The highest BCUT2D eigenvalue weighted by atomic mass is 16.2. The second-order valence-corrected chi connectivity index (χ2v) is 7.18. The first kappa shape index (κ1) is 16.1. The summed E-state index contributed by atoms with van der Waals surface area (Å²) in [7, 11) is 0. The zero-order valence-corrected chi connectivity index (χ0v) is 14.6. The van der Waals surface area contributed by atoms with E-state index in [1.54, 1.807) is 6.33 Å². The standard InChI is InChI=1S/C20H24N4O/c1-14-3-2-4-16(11-14)18-12-19(22-13-21-18)24-9-7-15(8-10-24)20(25)23-17-5-6-17/h2-4,11-13,15,17H,5-10H2,1H3,(H,23,25). The number of nitrogens with zero attached hydrogens (tertiary/aromatic N) is 3. The van der Waals surface area contributed by atoms with E-state index in [1.807, 2.05) is 0 Å². The lowest BCUT2D eigenvalue weighted by Crippen LogP contribution is -2.41. The van der Waals surface area contributed by atoms with Gasteiger partial charge in [0, 0.05) is 36.7 Å². The molecule has 5 nitrogen and oxygen atoms in total. The predicted octanol–water partition coefficient (Wildman–Crippen LogP) is 2.95. The van der Waals surface area contributed by atoms with E-state index in [2.05, 4.69) is 57.4 Å². The Hall–Kier alpha value is -2.43. The second kappa shape index (κ2) is 6.82. The van der Waals surface area contributed by atoms with E-state index in [4.69, 9.17) is 0 Å². The minimum atomic E-state index is 0.148. The van der Waals surface area contributed by atoms with Gasteiger partial charge in [0.15, 0.2) is 0 Å². The largest absolute Gasteiger partial charge is 0.356 e. The molecule has 2 aliphatic rings. The van der Waals surface area contributed by atoms with Gasteiger partial charge in [0.2, 0.25) is 5.91 Å². The molecule has 1 aliphatic heterocycles. The molecule has 1 aliphatic carbocycles. The van der Waals surface area contributed by atoms with Gasteiger partial charge < -0.3 is 10.2 Å². The average molecular weight is 336 g/mol. The van der Waals surface area contributed by atoms with Crippen molar-refractivity contribution in [3.63, 3.8) is 0 Å². The summed E-state index contributed by atoms with van der Waals surface area (Å²) in [6.45, 7) is 3.82. The first-order valence-corrected chi connectivity index (χ1v) is 9.13. The third-order valence-corrected chi connectivity index (χ3v) is 5.08. The maximum absolute atomic E-state index is 12.2. The summed E-state index contributed by atoms with van der Waals surface area (Å²) in [4.78, 5) is 23.4. The van der Waals surface area contributed by atoms with Crippen molar-refractivity contribution in [1.82, 2.24) is 15.3 Å². The summed E-state index contributed by atoms with van der Waals surface area (Å²) < 4.78 is 0. The first-order valence-electron chi connectivity index (χ1n) is 9.13. The molecular weight excluding hydrogens is 312 g/mol. The molecule has 0 bridgehead atoms. The van der Waals surface area contributed by atoms with Crippen LogP contribution in [0.3, 0.4) is 0 Å². The Labute approximate surface area is 148 Å². The van der Waals surface area contributed by atoms with E-state index >= 15 is 0 Å². The fourth-order valence-electron chi connectivity index (χ4n) is 3.40. The molecule has 2 aromatic rings. The van der Waals surface area contributed by atoms with Crippen LogP contribution in [0.1, 0.15) is 31.2 Å². The van der Waals surface area contributed by atoms with Crippen LogP contribution in [-0.2, 0) is 4.79 Å². The third kappa shape index (κ3) is 3.81. The molecule has 1 saturated heterocycles. The van der Waals surface area contributed by atoms with Crippen molar-refractivity contribution >= 4 is 11.7 Å². The molecule has 1 aromatic heterocycles. The Kier molecular flexibility index (Phi) is 4.38. The monoisotopic (exact) mass is 336 g/mol. The molecular formula is C20H24N4O. The highest BCUT2D eigenvalue weighted by Crippen LogP contribution is 2.26.